The van der Waals surface area contributed by atoms with Crippen molar-refractivity contribution >= 4 is 0 Å². The van der Waals surface area contributed by atoms with Crippen molar-refractivity contribution in [3.05, 3.63) is 0 Å². The number of nitrogens with zero attached hydrogens (tertiary/aromatic N) is 1. The third-order valence-corrected chi connectivity index (χ3v) is 5.04. The van der Waals surface area contributed by atoms with Gasteiger partial charge in [0.25, 0.3) is 0 Å². The van der Waals surface area contributed by atoms with Crippen molar-refractivity contribution in [1.29, 1.82) is 0 Å². The van der Waals surface area contributed by atoms with E-state index in [0.29, 0.717) is 17.5 Å². The molecule has 0 aromatic rings. The van der Waals surface area contributed by atoms with Gasteiger partial charge in [0.05, 0.1) is 0 Å². The van der Waals surface area contributed by atoms with Crippen molar-refractivity contribution < 1.29 is 0 Å². The maximum absolute atomic E-state index is 3.67. The maximum atomic E-state index is 3.67. The van der Waals surface area contributed by atoms with Crippen LogP contribution in [0.5, 0.6) is 0 Å². The lowest BCUT2D eigenvalue weighted by molar-refractivity contribution is -0.000313. The van der Waals surface area contributed by atoms with Gasteiger partial charge in [0.15, 0.2) is 0 Å². The van der Waals surface area contributed by atoms with Crippen LogP contribution in [0.3, 0.4) is 0 Å². The fourth-order valence-electron chi connectivity index (χ4n) is 3.75. The van der Waals surface area contributed by atoms with Crippen LogP contribution in [0.25, 0.3) is 0 Å². The van der Waals surface area contributed by atoms with Crippen molar-refractivity contribution in [1.82, 2.24) is 10.2 Å². The van der Waals surface area contributed by atoms with Crippen LogP contribution >= 0.6 is 0 Å². The summed E-state index contributed by atoms with van der Waals surface area (Å²) < 4.78 is 0. The van der Waals surface area contributed by atoms with Gasteiger partial charge in [-0.1, -0.05) is 33.6 Å². The van der Waals surface area contributed by atoms with Crippen molar-refractivity contribution in [2.24, 2.45) is 5.41 Å². The number of nitrogens with one attached hydrogen (secondary N) is 1. The third kappa shape index (κ3) is 2.85. The first-order chi connectivity index (χ1) is 8.04. The molecule has 1 aliphatic carbocycles. The van der Waals surface area contributed by atoms with Gasteiger partial charge in [0.2, 0.25) is 0 Å². The molecule has 3 unspecified atom stereocenters. The standard InChI is InChI=1S/C15H30N2/c1-5-13-11-17(12(2)10-16-13)14-8-6-7-9-15(14,3)4/h12-14,16H,5-11H2,1-4H3. The molecule has 1 N–H and O–H groups in total. The summed E-state index contributed by atoms with van der Waals surface area (Å²) in [6.45, 7) is 12.1. The Hall–Kier alpha value is -0.0800. The highest BCUT2D eigenvalue weighted by Crippen LogP contribution is 2.39. The summed E-state index contributed by atoms with van der Waals surface area (Å²) in [6, 6.07) is 2.23. The molecule has 2 nitrogen and oxygen atoms in total. The van der Waals surface area contributed by atoms with Gasteiger partial charge >= 0.3 is 0 Å². The van der Waals surface area contributed by atoms with Gasteiger partial charge in [0.1, 0.15) is 0 Å². The topological polar surface area (TPSA) is 15.3 Å². The average molecular weight is 238 g/mol. The SMILES string of the molecule is CCC1CN(C2CCCCC2(C)C)C(C)CN1. The highest BCUT2D eigenvalue weighted by atomic mass is 15.3. The van der Waals surface area contributed by atoms with Crippen LogP contribution in [0.2, 0.25) is 0 Å². The molecule has 1 saturated carbocycles. The van der Waals surface area contributed by atoms with E-state index in [1.54, 1.807) is 0 Å². The molecule has 2 rings (SSSR count). The molecule has 2 aliphatic rings. The Labute approximate surface area is 107 Å². The normalized spacial score (nSPS) is 39.2. The molecule has 1 heterocycles. The molecule has 0 aromatic carbocycles. The van der Waals surface area contributed by atoms with Gasteiger partial charge in [-0.2, -0.15) is 0 Å². The van der Waals surface area contributed by atoms with E-state index in [1.807, 2.05) is 0 Å². The molecule has 0 spiro atoms. The largest absolute Gasteiger partial charge is 0.311 e. The number of hydrogen-bond donors (Lipinski definition) is 1. The molecule has 0 radical (unpaired) electrons. The first-order valence-electron chi connectivity index (χ1n) is 7.53. The lowest BCUT2D eigenvalue weighted by Gasteiger charge is -2.51. The summed E-state index contributed by atoms with van der Waals surface area (Å²) in [5.41, 5.74) is 0.516. The Morgan fingerprint density at radius 3 is 2.71 bits per heavy atom. The van der Waals surface area contributed by atoms with Crippen molar-refractivity contribution in [2.75, 3.05) is 13.1 Å². The first kappa shape index (κ1) is 13.4. The number of hydrogen-bond acceptors (Lipinski definition) is 2. The van der Waals surface area contributed by atoms with Crippen LogP contribution < -0.4 is 5.32 Å². The van der Waals surface area contributed by atoms with Crippen molar-refractivity contribution in [3.63, 3.8) is 0 Å². The minimum Gasteiger partial charge on any atom is -0.311 e. The Morgan fingerprint density at radius 1 is 1.29 bits per heavy atom. The Balaban J connectivity index is 2.07. The summed E-state index contributed by atoms with van der Waals surface area (Å²) in [4.78, 5) is 2.81. The molecule has 0 amide bonds. The number of rotatable bonds is 2. The fraction of sp³-hybridized carbons (Fsp3) is 1.00. The van der Waals surface area contributed by atoms with Crippen LogP contribution in [0, 0.1) is 5.41 Å². The van der Waals surface area contributed by atoms with Crippen LogP contribution in [0.1, 0.15) is 59.8 Å². The fourth-order valence-corrected chi connectivity index (χ4v) is 3.75. The van der Waals surface area contributed by atoms with E-state index in [1.165, 1.54) is 45.2 Å². The zero-order valence-corrected chi connectivity index (χ0v) is 12.1. The summed E-state index contributed by atoms with van der Waals surface area (Å²) in [6.07, 6.45) is 6.94. The monoisotopic (exact) mass is 238 g/mol. The maximum Gasteiger partial charge on any atom is 0.0196 e. The van der Waals surface area contributed by atoms with E-state index < -0.39 is 0 Å². The molecule has 2 heteroatoms. The van der Waals surface area contributed by atoms with Crippen molar-refractivity contribution in [2.45, 2.75) is 77.9 Å². The molecule has 0 bridgehead atoms. The Morgan fingerprint density at radius 2 is 2.06 bits per heavy atom. The molecule has 2 fully saturated rings. The second-order valence-electron chi connectivity index (χ2n) is 6.81. The van der Waals surface area contributed by atoms with Crippen LogP contribution in [0.15, 0.2) is 0 Å². The minimum absolute atomic E-state index is 0.516. The van der Waals surface area contributed by atoms with Crippen LogP contribution in [-0.2, 0) is 0 Å². The smallest absolute Gasteiger partial charge is 0.0196 e. The molecule has 100 valence electrons. The highest BCUT2D eigenvalue weighted by Gasteiger charge is 2.39. The quantitative estimate of drug-likeness (QED) is 0.795. The summed E-state index contributed by atoms with van der Waals surface area (Å²) in [5, 5.41) is 3.67. The predicted octanol–water partition coefficient (Wildman–Crippen LogP) is 3.03. The second kappa shape index (κ2) is 5.27. The molecule has 3 atom stereocenters. The predicted molar refractivity (Wildman–Crippen MR) is 74.3 cm³/mol. The lowest BCUT2D eigenvalue weighted by Crippen LogP contribution is -2.61. The second-order valence-corrected chi connectivity index (χ2v) is 6.81. The van der Waals surface area contributed by atoms with Crippen molar-refractivity contribution in [3.8, 4) is 0 Å². The van der Waals surface area contributed by atoms with E-state index in [9.17, 15) is 0 Å². The average Bonchev–Trinajstić information content (AvgIpc) is 2.30. The molecule has 1 saturated heterocycles. The Bertz CT molecular complexity index is 249. The number of piperazine rings is 1. The lowest BCUT2D eigenvalue weighted by atomic mass is 9.72. The van der Waals surface area contributed by atoms with E-state index >= 15 is 0 Å². The molecular weight excluding hydrogens is 208 g/mol. The van der Waals surface area contributed by atoms with E-state index in [0.717, 1.165) is 6.04 Å². The Kier molecular flexibility index (Phi) is 4.14. The van der Waals surface area contributed by atoms with E-state index in [4.69, 9.17) is 0 Å². The zero-order chi connectivity index (χ0) is 12.5. The minimum atomic E-state index is 0.516. The van der Waals surface area contributed by atoms with E-state index in [-0.39, 0.29) is 0 Å². The molecule has 17 heavy (non-hydrogen) atoms. The molecule has 0 aromatic heterocycles. The van der Waals surface area contributed by atoms with Gasteiger partial charge in [0, 0.05) is 31.2 Å². The zero-order valence-electron chi connectivity index (χ0n) is 12.1. The highest BCUT2D eigenvalue weighted by molar-refractivity contribution is 4.95. The van der Waals surface area contributed by atoms with Crippen LogP contribution in [-0.4, -0.2) is 36.1 Å². The summed E-state index contributed by atoms with van der Waals surface area (Å²) in [7, 11) is 0. The summed E-state index contributed by atoms with van der Waals surface area (Å²) >= 11 is 0. The van der Waals surface area contributed by atoms with Gasteiger partial charge < -0.3 is 5.32 Å². The first-order valence-corrected chi connectivity index (χ1v) is 7.53. The van der Waals surface area contributed by atoms with Gasteiger partial charge in [-0.25, -0.2) is 0 Å². The molecule has 1 aliphatic heterocycles. The van der Waals surface area contributed by atoms with Crippen LogP contribution in [0.4, 0.5) is 0 Å². The van der Waals surface area contributed by atoms with Gasteiger partial charge in [-0.15, -0.1) is 0 Å². The summed E-state index contributed by atoms with van der Waals surface area (Å²) in [5.74, 6) is 0. The van der Waals surface area contributed by atoms with Gasteiger partial charge in [-0.3, -0.25) is 4.90 Å². The third-order valence-electron chi connectivity index (χ3n) is 5.04. The van der Waals surface area contributed by atoms with Gasteiger partial charge in [-0.05, 0) is 31.6 Å². The van der Waals surface area contributed by atoms with E-state index in [2.05, 4.69) is 37.9 Å². The molecular formula is C15H30N2.